The number of hydrogen-bond donors (Lipinski definition) is 2. The predicted molar refractivity (Wildman–Crippen MR) is 69.9 cm³/mol. The van der Waals surface area contributed by atoms with Crippen LogP contribution in [0.5, 0.6) is 0 Å². The van der Waals surface area contributed by atoms with Crippen LogP contribution >= 0.6 is 0 Å². The maximum Gasteiger partial charge on any atom is 0.0474 e. The Balaban J connectivity index is 1.76. The first-order valence-corrected chi connectivity index (χ1v) is 5.62. The molecule has 0 aliphatic carbocycles. The molecule has 17 heavy (non-hydrogen) atoms. The van der Waals surface area contributed by atoms with E-state index in [0.717, 1.165) is 17.7 Å². The zero-order chi connectivity index (χ0) is 11.5. The van der Waals surface area contributed by atoms with E-state index >= 15 is 0 Å². The SMILES string of the molecule is c1cncc(CNc2ccc3cc[nH]c3c2)c1. The van der Waals surface area contributed by atoms with Gasteiger partial charge in [0.1, 0.15) is 0 Å². The number of benzene rings is 1. The van der Waals surface area contributed by atoms with Gasteiger partial charge in [0.25, 0.3) is 0 Å². The van der Waals surface area contributed by atoms with Crippen molar-refractivity contribution < 1.29 is 0 Å². The minimum atomic E-state index is 0.792. The Morgan fingerprint density at radius 1 is 1.18 bits per heavy atom. The van der Waals surface area contributed by atoms with Gasteiger partial charge in [0.05, 0.1) is 0 Å². The maximum absolute atomic E-state index is 4.09. The van der Waals surface area contributed by atoms with Crippen LogP contribution in [0.4, 0.5) is 5.69 Å². The molecule has 0 spiro atoms. The molecule has 0 unspecified atom stereocenters. The second kappa shape index (κ2) is 4.29. The highest BCUT2D eigenvalue weighted by atomic mass is 14.9. The molecule has 84 valence electrons. The Morgan fingerprint density at radius 2 is 2.18 bits per heavy atom. The van der Waals surface area contributed by atoms with Gasteiger partial charge < -0.3 is 10.3 Å². The van der Waals surface area contributed by atoms with Crippen LogP contribution in [0.25, 0.3) is 10.9 Å². The average molecular weight is 223 g/mol. The number of aromatic amines is 1. The summed E-state index contributed by atoms with van der Waals surface area (Å²) in [6.45, 7) is 0.792. The van der Waals surface area contributed by atoms with E-state index in [9.17, 15) is 0 Å². The topological polar surface area (TPSA) is 40.7 Å². The molecule has 2 N–H and O–H groups in total. The summed E-state index contributed by atoms with van der Waals surface area (Å²) in [6.07, 6.45) is 5.62. The number of nitrogens with zero attached hydrogens (tertiary/aromatic N) is 1. The van der Waals surface area contributed by atoms with Crippen LogP contribution in [0.3, 0.4) is 0 Å². The summed E-state index contributed by atoms with van der Waals surface area (Å²) in [4.78, 5) is 7.30. The van der Waals surface area contributed by atoms with E-state index in [4.69, 9.17) is 0 Å². The number of H-pyrrole nitrogens is 1. The molecule has 0 aliphatic heterocycles. The lowest BCUT2D eigenvalue weighted by molar-refractivity contribution is 1.11. The highest BCUT2D eigenvalue weighted by molar-refractivity contribution is 5.82. The molecule has 3 heteroatoms. The highest BCUT2D eigenvalue weighted by Gasteiger charge is 1.97. The molecular formula is C14H13N3. The minimum absolute atomic E-state index is 0.792. The summed E-state index contributed by atoms with van der Waals surface area (Å²) >= 11 is 0. The second-order valence-corrected chi connectivity index (χ2v) is 3.99. The first kappa shape index (κ1) is 9.90. The van der Waals surface area contributed by atoms with Crippen LogP contribution < -0.4 is 5.32 Å². The number of nitrogens with one attached hydrogen (secondary N) is 2. The number of rotatable bonds is 3. The molecular weight excluding hydrogens is 210 g/mol. The summed E-state index contributed by atoms with van der Waals surface area (Å²) < 4.78 is 0. The molecule has 0 saturated heterocycles. The molecule has 3 nitrogen and oxygen atoms in total. The fourth-order valence-electron chi connectivity index (χ4n) is 1.86. The normalized spacial score (nSPS) is 10.6. The van der Waals surface area contributed by atoms with Crippen LogP contribution in [-0.4, -0.2) is 9.97 Å². The molecule has 0 amide bonds. The molecule has 1 aromatic carbocycles. The summed E-state index contributed by atoms with van der Waals surface area (Å²) in [7, 11) is 0. The first-order valence-electron chi connectivity index (χ1n) is 5.62. The van der Waals surface area contributed by atoms with Gasteiger partial charge in [-0.25, -0.2) is 0 Å². The smallest absolute Gasteiger partial charge is 0.0474 e. The van der Waals surface area contributed by atoms with E-state index in [0.29, 0.717) is 0 Å². The molecule has 0 radical (unpaired) electrons. The molecule has 2 aromatic heterocycles. The lowest BCUT2D eigenvalue weighted by Crippen LogP contribution is -1.99. The number of aromatic nitrogens is 2. The zero-order valence-electron chi connectivity index (χ0n) is 9.35. The van der Waals surface area contributed by atoms with Crippen molar-refractivity contribution in [2.75, 3.05) is 5.32 Å². The van der Waals surface area contributed by atoms with Crippen molar-refractivity contribution >= 4 is 16.6 Å². The van der Waals surface area contributed by atoms with Gasteiger partial charge in [0, 0.05) is 36.3 Å². The molecule has 3 aromatic rings. The Labute approximate surface area is 99.5 Å². The van der Waals surface area contributed by atoms with E-state index in [1.807, 2.05) is 18.5 Å². The van der Waals surface area contributed by atoms with Gasteiger partial charge in [-0.1, -0.05) is 12.1 Å². The number of anilines is 1. The Bertz CT molecular complexity index is 613. The van der Waals surface area contributed by atoms with Crippen LogP contribution in [0.1, 0.15) is 5.56 Å². The van der Waals surface area contributed by atoms with Crippen molar-refractivity contribution in [1.29, 1.82) is 0 Å². The van der Waals surface area contributed by atoms with Crippen LogP contribution in [0.15, 0.2) is 55.0 Å². The van der Waals surface area contributed by atoms with Gasteiger partial charge in [-0.15, -0.1) is 0 Å². The summed E-state index contributed by atoms with van der Waals surface area (Å²) in [6, 6.07) is 12.4. The van der Waals surface area contributed by atoms with E-state index < -0.39 is 0 Å². The van der Waals surface area contributed by atoms with E-state index in [2.05, 4.69) is 45.6 Å². The van der Waals surface area contributed by atoms with Crippen molar-refractivity contribution in [1.82, 2.24) is 9.97 Å². The van der Waals surface area contributed by atoms with Crippen molar-refractivity contribution in [3.63, 3.8) is 0 Å². The molecule has 2 heterocycles. The van der Waals surface area contributed by atoms with Crippen molar-refractivity contribution in [3.05, 3.63) is 60.6 Å². The molecule has 0 atom stereocenters. The first-order chi connectivity index (χ1) is 8.42. The van der Waals surface area contributed by atoms with Crippen molar-refractivity contribution in [3.8, 4) is 0 Å². The van der Waals surface area contributed by atoms with Gasteiger partial charge >= 0.3 is 0 Å². The second-order valence-electron chi connectivity index (χ2n) is 3.99. The van der Waals surface area contributed by atoms with Crippen LogP contribution in [0, 0.1) is 0 Å². The number of pyridine rings is 1. The molecule has 0 fully saturated rings. The maximum atomic E-state index is 4.09. The van der Waals surface area contributed by atoms with Gasteiger partial charge in [0.2, 0.25) is 0 Å². The zero-order valence-corrected chi connectivity index (χ0v) is 9.35. The van der Waals surface area contributed by atoms with E-state index in [1.165, 1.54) is 10.9 Å². The van der Waals surface area contributed by atoms with Gasteiger partial charge in [-0.05, 0) is 35.2 Å². The monoisotopic (exact) mass is 223 g/mol. The third-order valence-electron chi connectivity index (χ3n) is 2.77. The summed E-state index contributed by atoms with van der Waals surface area (Å²) in [5.74, 6) is 0. The Kier molecular flexibility index (Phi) is 2.50. The predicted octanol–water partition coefficient (Wildman–Crippen LogP) is 3.18. The fraction of sp³-hybridized carbons (Fsp3) is 0.0714. The quantitative estimate of drug-likeness (QED) is 0.716. The molecule has 0 aliphatic rings. The third kappa shape index (κ3) is 2.13. The van der Waals surface area contributed by atoms with Gasteiger partial charge in [-0.2, -0.15) is 0 Å². The minimum Gasteiger partial charge on any atom is -0.381 e. The molecule has 0 saturated carbocycles. The lowest BCUT2D eigenvalue weighted by atomic mass is 10.2. The Hall–Kier alpha value is -2.29. The highest BCUT2D eigenvalue weighted by Crippen LogP contribution is 2.18. The lowest BCUT2D eigenvalue weighted by Gasteiger charge is -2.06. The third-order valence-corrected chi connectivity index (χ3v) is 2.77. The van der Waals surface area contributed by atoms with Gasteiger partial charge in [0.15, 0.2) is 0 Å². The average Bonchev–Trinajstić information content (AvgIpc) is 2.85. The fourth-order valence-corrected chi connectivity index (χ4v) is 1.86. The van der Waals surface area contributed by atoms with E-state index in [1.54, 1.807) is 6.20 Å². The Morgan fingerprint density at radius 3 is 3.06 bits per heavy atom. The standard InChI is InChI=1S/C14H13N3/c1-2-11(9-15-6-1)10-17-13-4-3-12-5-7-16-14(12)8-13/h1-9,16-17H,10H2. The largest absolute Gasteiger partial charge is 0.381 e. The van der Waals surface area contributed by atoms with Crippen molar-refractivity contribution in [2.45, 2.75) is 6.54 Å². The molecule has 3 rings (SSSR count). The van der Waals surface area contributed by atoms with Crippen LogP contribution in [-0.2, 0) is 6.54 Å². The van der Waals surface area contributed by atoms with Gasteiger partial charge in [-0.3, -0.25) is 4.98 Å². The number of fused-ring (bicyclic) bond motifs is 1. The number of hydrogen-bond acceptors (Lipinski definition) is 2. The molecule has 0 bridgehead atoms. The van der Waals surface area contributed by atoms with E-state index in [-0.39, 0.29) is 0 Å². The van der Waals surface area contributed by atoms with Crippen molar-refractivity contribution in [2.24, 2.45) is 0 Å². The summed E-state index contributed by atoms with van der Waals surface area (Å²) in [5.41, 5.74) is 3.45. The summed E-state index contributed by atoms with van der Waals surface area (Å²) in [5, 5.41) is 4.62. The van der Waals surface area contributed by atoms with Crippen LogP contribution in [0.2, 0.25) is 0 Å².